The first-order chi connectivity index (χ1) is 10.8. The van der Waals surface area contributed by atoms with Crippen LogP contribution in [0.15, 0.2) is 12.5 Å². The number of nitrogens with zero attached hydrogens (tertiary/aromatic N) is 3. The molecule has 10 nitrogen and oxygen atoms in total. The maximum absolute atomic E-state index is 11.6. The van der Waals surface area contributed by atoms with Crippen LogP contribution in [0.3, 0.4) is 0 Å². The molecule has 1 amide bonds. The molecule has 7 N–H and O–H groups in total. The van der Waals surface area contributed by atoms with E-state index in [-0.39, 0.29) is 22.4 Å². The molecule has 0 radical (unpaired) electrons. The summed E-state index contributed by atoms with van der Waals surface area (Å²) in [5.74, 6) is -0.688. The first-order valence-corrected chi connectivity index (χ1v) is 6.86. The minimum atomic E-state index is -1.73. The number of aliphatic hydroxyl groups is 3. The average molecular weight is 323 g/mol. The van der Waals surface area contributed by atoms with E-state index in [2.05, 4.69) is 9.97 Å². The number of carbonyl (C=O) groups excluding carboxylic acids is 1. The number of anilines is 1. The van der Waals surface area contributed by atoms with Gasteiger partial charge in [-0.3, -0.25) is 4.79 Å². The van der Waals surface area contributed by atoms with Gasteiger partial charge in [0.2, 0.25) is 0 Å². The van der Waals surface area contributed by atoms with Crippen molar-refractivity contribution in [2.45, 2.75) is 31.0 Å². The molecule has 2 aromatic rings. The summed E-state index contributed by atoms with van der Waals surface area (Å²) in [4.78, 5) is 19.5. The molecular formula is C13H17N5O5. The van der Waals surface area contributed by atoms with Crippen molar-refractivity contribution in [2.75, 3.05) is 12.3 Å². The summed E-state index contributed by atoms with van der Waals surface area (Å²) >= 11 is 0. The van der Waals surface area contributed by atoms with E-state index in [1.165, 1.54) is 24.0 Å². The van der Waals surface area contributed by atoms with Gasteiger partial charge in [-0.05, 0) is 6.92 Å². The van der Waals surface area contributed by atoms with Gasteiger partial charge in [0.25, 0.3) is 5.91 Å². The molecule has 1 aliphatic heterocycles. The quantitative estimate of drug-likeness (QED) is 0.436. The molecule has 1 aliphatic rings. The topological polar surface area (TPSA) is 170 Å². The van der Waals surface area contributed by atoms with E-state index in [1.54, 1.807) is 0 Å². The van der Waals surface area contributed by atoms with Gasteiger partial charge in [-0.15, -0.1) is 0 Å². The lowest BCUT2D eigenvalue weighted by Gasteiger charge is -2.27. The van der Waals surface area contributed by atoms with Crippen LogP contribution in [0.5, 0.6) is 0 Å². The molecule has 4 atom stereocenters. The largest absolute Gasteiger partial charge is 0.394 e. The highest BCUT2D eigenvalue weighted by molar-refractivity contribution is 6.08. The van der Waals surface area contributed by atoms with E-state index in [4.69, 9.17) is 16.2 Å². The SMILES string of the molecule is C[C@@]1(O)[C@H](O)[C@@H](CO)O[C@H]1n1cc(C(N)=O)c2c(N)ncnc21. The fraction of sp³-hybridized carbons (Fsp3) is 0.462. The van der Waals surface area contributed by atoms with Gasteiger partial charge < -0.3 is 36.1 Å². The van der Waals surface area contributed by atoms with Gasteiger partial charge in [0, 0.05) is 6.20 Å². The van der Waals surface area contributed by atoms with Gasteiger partial charge in [0.1, 0.15) is 35.6 Å². The summed E-state index contributed by atoms with van der Waals surface area (Å²) in [6, 6.07) is 0. The standard InChI is InChI=1S/C13H17N5O5/c1-13(22)8(20)6(3-19)23-12(13)18-2-5(10(15)21)7-9(14)16-4-17-11(7)18/h2,4,6,8,12,19-20,22H,3H2,1H3,(H2,15,21)(H2,14,16,17)/t6-,8-,12-,13-/m1/s1. The van der Waals surface area contributed by atoms with Crippen LogP contribution in [0.1, 0.15) is 23.5 Å². The third kappa shape index (κ3) is 2.15. The van der Waals surface area contributed by atoms with Gasteiger partial charge in [0.15, 0.2) is 6.23 Å². The number of carbonyl (C=O) groups is 1. The van der Waals surface area contributed by atoms with E-state index in [9.17, 15) is 20.1 Å². The molecule has 1 fully saturated rings. The van der Waals surface area contributed by atoms with Crippen molar-refractivity contribution in [1.29, 1.82) is 0 Å². The number of amides is 1. The lowest BCUT2D eigenvalue weighted by molar-refractivity contribution is -0.0948. The van der Waals surface area contributed by atoms with E-state index < -0.39 is 36.6 Å². The van der Waals surface area contributed by atoms with Gasteiger partial charge in [-0.1, -0.05) is 0 Å². The second-order valence-electron chi connectivity index (χ2n) is 5.65. The van der Waals surface area contributed by atoms with E-state index >= 15 is 0 Å². The molecule has 0 bridgehead atoms. The van der Waals surface area contributed by atoms with Crippen LogP contribution in [0.4, 0.5) is 5.82 Å². The fourth-order valence-corrected chi connectivity index (χ4v) is 2.86. The molecule has 10 heteroatoms. The summed E-state index contributed by atoms with van der Waals surface area (Å²) in [7, 11) is 0. The molecule has 0 aliphatic carbocycles. The molecule has 3 rings (SSSR count). The lowest BCUT2D eigenvalue weighted by Crippen LogP contribution is -2.44. The Morgan fingerprint density at radius 3 is 2.78 bits per heavy atom. The van der Waals surface area contributed by atoms with Crippen molar-refractivity contribution in [3.63, 3.8) is 0 Å². The number of nitrogens with two attached hydrogens (primary N) is 2. The van der Waals surface area contributed by atoms with Gasteiger partial charge >= 0.3 is 0 Å². The van der Waals surface area contributed by atoms with Crippen LogP contribution in [0, 0.1) is 0 Å². The molecule has 124 valence electrons. The Morgan fingerprint density at radius 2 is 2.22 bits per heavy atom. The highest BCUT2D eigenvalue weighted by Crippen LogP contribution is 2.40. The van der Waals surface area contributed by atoms with Crippen LogP contribution < -0.4 is 11.5 Å². The van der Waals surface area contributed by atoms with Crippen LogP contribution in [-0.4, -0.2) is 60.2 Å². The van der Waals surface area contributed by atoms with E-state index in [0.29, 0.717) is 0 Å². The highest BCUT2D eigenvalue weighted by Gasteiger charge is 2.53. The Balaban J connectivity index is 2.21. The second-order valence-corrected chi connectivity index (χ2v) is 5.65. The molecular weight excluding hydrogens is 306 g/mol. The molecule has 1 saturated heterocycles. The number of ether oxygens (including phenoxy) is 1. The minimum absolute atomic E-state index is 0.0550. The zero-order valence-electron chi connectivity index (χ0n) is 12.2. The van der Waals surface area contributed by atoms with Crippen molar-refractivity contribution in [3.8, 4) is 0 Å². The maximum Gasteiger partial charge on any atom is 0.251 e. The first kappa shape index (κ1) is 15.6. The van der Waals surface area contributed by atoms with E-state index in [0.717, 1.165) is 0 Å². The van der Waals surface area contributed by atoms with Crippen molar-refractivity contribution in [3.05, 3.63) is 18.1 Å². The maximum atomic E-state index is 11.6. The Labute approximate surface area is 130 Å². The summed E-state index contributed by atoms with van der Waals surface area (Å²) in [5, 5.41) is 30.1. The number of hydrogen-bond donors (Lipinski definition) is 5. The highest BCUT2D eigenvalue weighted by atomic mass is 16.6. The predicted molar refractivity (Wildman–Crippen MR) is 78.1 cm³/mol. The number of rotatable bonds is 3. The number of fused-ring (bicyclic) bond motifs is 1. The smallest absolute Gasteiger partial charge is 0.251 e. The number of primary amides is 1. The Morgan fingerprint density at radius 1 is 1.52 bits per heavy atom. The monoisotopic (exact) mass is 323 g/mol. The fourth-order valence-electron chi connectivity index (χ4n) is 2.86. The normalized spacial score (nSPS) is 30.9. The van der Waals surface area contributed by atoms with Gasteiger partial charge in [-0.25, -0.2) is 9.97 Å². The van der Waals surface area contributed by atoms with Crippen LogP contribution in [0.2, 0.25) is 0 Å². The molecule has 0 unspecified atom stereocenters. The Bertz CT molecular complexity index is 773. The van der Waals surface area contributed by atoms with Crippen LogP contribution in [0.25, 0.3) is 11.0 Å². The summed E-state index contributed by atoms with van der Waals surface area (Å²) in [6.07, 6.45) is -0.874. The zero-order chi connectivity index (χ0) is 16.9. The second kappa shape index (κ2) is 5.13. The van der Waals surface area contributed by atoms with Crippen LogP contribution in [-0.2, 0) is 4.74 Å². The number of aromatic nitrogens is 3. The first-order valence-electron chi connectivity index (χ1n) is 6.86. The molecule has 0 aromatic carbocycles. The van der Waals surface area contributed by atoms with Crippen molar-refractivity contribution in [1.82, 2.24) is 14.5 Å². The molecule has 0 saturated carbocycles. The third-order valence-corrected chi connectivity index (χ3v) is 4.09. The molecule has 23 heavy (non-hydrogen) atoms. The van der Waals surface area contributed by atoms with Gasteiger partial charge in [0.05, 0.1) is 17.6 Å². The van der Waals surface area contributed by atoms with E-state index in [1.807, 2.05) is 0 Å². The summed E-state index contributed by atoms with van der Waals surface area (Å²) in [5.41, 5.74) is 9.71. The Hall–Kier alpha value is -2.27. The lowest BCUT2D eigenvalue weighted by atomic mass is 9.96. The average Bonchev–Trinajstić information content (AvgIpc) is 2.97. The summed E-state index contributed by atoms with van der Waals surface area (Å²) in [6.45, 7) is 0.880. The zero-order valence-corrected chi connectivity index (χ0v) is 12.2. The predicted octanol–water partition coefficient (Wildman–Crippen LogP) is -1.89. The van der Waals surface area contributed by atoms with Crippen LogP contribution >= 0.6 is 0 Å². The van der Waals surface area contributed by atoms with Gasteiger partial charge in [-0.2, -0.15) is 0 Å². The number of hydrogen-bond acceptors (Lipinski definition) is 8. The van der Waals surface area contributed by atoms with Crippen molar-refractivity contribution < 1.29 is 24.9 Å². The molecule has 2 aromatic heterocycles. The minimum Gasteiger partial charge on any atom is -0.394 e. The summed E-state index contributed by atoms with van der Waals surface area (Å²) < 4.78 is 6.88. The van der Waals surface area contributed by atoms with Crippen molar-refractivity contribution >= 4 is 22.8 Å². The third-order valence-electron chi connectivity index (χ3n) is 4.09. The molecule has 3 heterocycles. The number of nitrogen functional groups attached to an aromatic ring is 1. The number of aliphatic hydroxyl groups excluding tert-OH is 2. The Kier molecular flexibility index (Phi) is 3.48. The molecule has 0 spiro atoms. The van der Waals surface area contributed by atoms with Crippen molar-refractivity contribution in [2.24, 2.45) is 5.73 Å².